The summed E-state index contributed by atoms with van der Waals surface area (Å²) in [5.41, 5.74) is -0.317. The van der Waals surface area contributed by atoms with Crippen LogP contribution in [0.15, 0.2) is 18.2 Å². The van der Waals surface area contributed by atoms with Gasteiger partial charge in [0.25, 0.3) is 0 Å². The van der Waals surface area contributed by atoms with E-state index < -0.39 is 74.8 Å². The van der Waals surface area contributed by atoms with E-state index in [9.17, 15) is 4.79 Å². The van der Waals surface area contributed by atoms with Gasteiger partial charge in [0.1, 0.15) is 0 Å². The Morgan fingerprint density at radius 1 is 1.40 bits per heavy atom. The minimum atomic E-state index is -3.66. The van der Waals surface area contributed by atoms with E-state index >= 15 is 0 Å². The third-order valence-electron chi connectivity index (χ3n) is 2.72. The zero-order valence-corrected chi connectivity index (χ0v) is 10.2. The van der Waals surface area contributed by atoms with Crippen molar-refractivity contribution < 1.29 is 34.8 Å². The van der Waals surface area contributed by atoms with Crippen LogP contribution in [0.4, 0.5) is 0 Å². The summed E-state index contributed by atoms with van der Waals surface area (Å²) < 4.78 is 129. The highest BCUT2D eigenvalue weighted by Gasteiger charge is 2.25. The standard InChI is InChI=1S/C16H21NO3/c1-19-14-7-6-11(12-9-16(18)17-10-12)8-15(14)20-13-4-2-3-5-13/h6-8,12-13H,2-5,9-10H2,1H3,(H,17,18)/i1D3,2D2,3D2,4D2,5D2,9D2,12D,13D. The van der Waals surface area contributed by atoms with Crippen LogP contribution in [0.5, 0.6) is 11.5 Å². The van der Waals surface area contributed by atoms with Crippen LogP contribution in [0, 0.1) is 0 Å². The number of carbonyl (C=O) groups excluding carboxylic acids is 1. The van der Waals surface area contributed by atoms with E-state index in [2.05, 4.69) is 5.32 Å². The number of methoxy groups -OCH3 is 1. The lowest BCUT2D eigenvalue weighted by atomic mass is 9.98. The summed E-state index contributed by atoms with van der Waals surface area (Å²) in [5.74, 6) is -5.04. The van der Waals surface area contributed by atoms with Gasteiger partial charge in [0.2, 0.25) is 5.91 Å². The van der Waals surface area contributed by atoms with Crippen LogP contribution in [0.1, 0.15) is 63.9 Å². The van der Waals surface area contributed by atoms with Crippen LogP contribution >= 0.6 is 0 Å². The predicted octanol–water partition coefficient (Wildman–Crippen LogP) is 2.62. The topological polar surface area (TPSA) is 47.6 Å². The fourth-order valence-electron chi connectivity index (χ4n) is 1.80. The Kier molecular flexibility index (Phi) is 1.26. The second-order valence-corrected chi connectivity index (χ2v) is 3.98. The minimum absolute atomic E-state index is 0.317. The molecule has 3 rings (SSSR count). The van der Waals surface area contributed by atoms with Crippen LogP contribution < -0.4 is 14.8 Å². The van der Waals surface area contributed by atoms with E-state index in [0.29, 0.717) is 0 Å². The highest BCUT2D eigenvalue weighted by molar-refractivity contribution is 5.79. The number of rotatable bonds is 4. The van der Waals surface area contributed by atoms with Gasteiger partial charge >= 0.3 is 0 Å². The molecule has 1 amide bonds. The molecule has 0 aromatic heterocycles. The Bertz CT molecular complexity index is 1030. The number of carbonyl (C=O) groups is 1. The number of nitrogens with one attached hydrogen (secondary N) is 1. The largest absolute Gasteiger partial charge is 0.493 e. The molecular weight excluding hydrogens is 254 g/mol. The maximum absolute atomic E-state index is 11.9. The molecule has 1 atom stereocenters. The molecule has 1 aliphatic heterocycles. The second-order valence-electron chi connectivity index (χ2n) is 3.98. The molecule has 1 saturated heterocycles. The van der Waals surface area contributed by atoms with Gasteiger partial charge < -0.3 is 14.8 Å². The Labute approximate surface area is 140 Å². The van der Waals surface area contributed by atoms with Gasteiger partial charge in [-0.2, -0.15) is 0 Å². The van der Waals surface area contributed by atoms with Crippen molar-refractivity contribution in [1.29, 1.82) is 0 Å². The summed E-state index contributed by atoms with van der Waals surface area (Å²) in [4.78, 5) is 11.9. The van der Waals surface area contributed by atoms with Gasteiger partial charge in [0.15, 0.2) is 11.5 Å². The molecule has 1 unspecified atom stereocenters. The molecule has 1 heterocycles. The average molecular weight is 290 g/mol. The van der Waals surface area contributed by atoms with Crippen molar-refractivity contribution >= 4 is 5.91 Å². The molecule has 1 N–H and O–H groups in total. The van der Waals surface area contributed by atoms with E-state index in [4.69, 9.17) is 30.0 Å². The highest BCUT2D eigenvalue weighted by atomic mass is 16.5. The van der Waals surface area contributed by atoms with Crippen molar-refractivity contribution in [1.82, 2.24) is 5.32 Å². The quantitative estimate of drug-likeness (QED) is 0.927. The molecule has 1 aromatic carbocycles. The summed E-state index contributed by atoms with van der Waals surface area (Å²) in [5, 5.41) is 2.18. The molecule has 20 heavy (non-hydrogen) atoms. The lowest BCUT2D eigenvalue weighted by molar-refractivity contribution is -0.119. The predicted molar refractivity (Wildman–Crippen MR) is 76.2 cm³/mol. The summed E-state index contributed by atoms with van der Waals surface area (Å²) in [6.07, 6.45) is -20.9. The maximum atomic E-state index is 11.9. The molecule has 4 nitrogen and oxygen atoms in total. The molecule has 0 spiro atoms. The molecule has 1 saturated carbocycles. The Hall–Kier alpha value is -1.71. The fraction of sp³-hybridized carbons (Fsp3) is 0.562. The van der Waals surface area contributed by atoms with Gasteiger partial charge in [0.05, 0.1) is 18.6 Å². The van der Waals surface area contributed by atoms with Gasteiger partial charge in [-0.05, 0) is 43.2 Å². The number of hydrogen-bond acceptors (Lipinski definition) is 3. The second kappa shape index (κ2) is 5.73. The zero-order chi connectivity index (χ0) is 27.3. The zero-order valence-electron chi connectivity index (χ0n) is 25.2. The first kappa shape index (κ1) is 4.39. The molecular formula is C16H21NO3. The first-order valence-corrected chi connectivity index (χ1v) is 5.72. The van der Waals surface area contributed by atoms with Crippen molar-refractivity contribution in [3.63, 3.8) is 0 Å². The lowest BCUT2D eigenvalue weighted by Crippen LogP contribution is -2.14. The third kappa shape index (κ3) is 2.74. The maximum Gasteiger partial charge on any atom is 0.220 e. The highest BCUT2D eigenvalue weighted by Crippen LogP contribution is 2.35. The Morgan fingerprint density at radius 2 is 2.25 bits per heavy atom. The van der Waals surface area contributed by atoms with Gasteiger partial charge in [0, 0.05) is 33.9 Å². The van der Waals surface area contributed by atoms with Gasteiger partial charge in [-0.25, -0.2) is 0 Å². The van der Waals surface area contributed by atoms with Crippen molar-refractivity contribution in [3.8, 4) is 11.5 Å². The van der Waals surface area contributed by atoms with E-state index in [-0.39, 0.29) is 5.56 Å². The van der Waals surface area contributed by atoms with Crippen molar-refractivity contribution in [3.05, 3.63) is 23.8 Å². The molecule has 1 aliphatic carbocycles. The van der Waals surface area contributed by atoms with Crippen LogP contribution in [0.3, 0.4) is 0 Å². The van der Waals surface area contributed by atoms with E-state index in [1.807, 2.05) is 0 Å². The van der Waals surface area contributed by atoms with Gasteiger partial charge in [-0.3, -0.25) is 4.79 Å². The Morgan fingerprint density at radius 3 is 2.95 bits per heavy atom. The monoisotopic (exact) mass is 290 g/mol. The molecule has 2 fully saturated rings. The SMILES string of the molecule is [2H]C([2H])([2H])Oc1ccc(C2([2H])CNC(=O)C2([2H])[2H])cc1OC1([2H])C([2H])([2H])C([2H])([2H])C([2H])([2H])C1([2H])[2H]. The van der Waals surface area contributed by atoms with Crippen LogP contribution in [0.25, 0.3) is 0 Å². The van der Waals surface area contributed by atoms with Crippen LogP contribution in [-0.2, 0) is 4.79 Å². The number of benzene rings is 1. The average Bonchev–Trinajstić information content (AvgIpc) is 2.92. The summed E-state index contributed by atoms with van der Waals surface area (Å²) in [7, 11) is -3.14. The number of hydrogen-bond donors (Lipinski definition) is 1. The fourth-order valence-corrected chi connectivity index (χ4v) is 1.80. The minimum Gasteiger partial charge on any atom is -0.493 e. The molecule has 2 aliphatic rings. The molecule has 1 aromatic rings. The smallest absolute Gasteiger partial charge is 0.220 e. The first-order chi connectivity index (χ1) is 15.4. The van der Waals surface area contributed by atoms with Crippen molar-refractivity contribution in [2.24, 2.45) is 0 Å². The van der Waals surface area contributed by atoms with Crippen LogP contribution in [0.2, 0.25) is 0 Å². The molecule has 0 radical (unpaired) electrons. The molecule has 0 bridgehead atoms. The summed E-state index contributed by atoms with van der Waals surface area (Å²) in [6.45, 7) is -0.531. The third-order valence-corrected chi connectivity index (χ3v) is 2.72. The first-order valence-electron chi connectivity index (χ1n) is 13.2. The van der Waals surface area contributed by atoms with E-state index in [0.717, 1.165) is 18.2 Å². The summed E-state index contributed by atoms with van der Waals surface area (Å²) in [6, 6.07) is 2.67. The van der Waals surface area contributed by atoms with Crippen molar-refractivity contribution in [2.45, 2.75) is 43.8 Å². The number of amides is 1. The van der Waals surface area contributed by atoms with E-state index in [1.165, 1.54) is 0 Å². The molecule has 4 heteroatoms. The van der Waals surface area contributed by atoms with Crippen LogP contribution in [-0.4, -0.2) is 25.6 Å². The van der Waals surface area contributed by atoms with Gasteiger partial charge in [-0.15, -0.1) is 0 Å². The number of ether oxygens (including phenoxy) is 2. The Balaban J connectivity index is 2.23. The lowest BCUT2D eigenvalue weighted by Gasteiger charge is -2.18. The van der Waals surface area contributed by atoms with E-state index in [1.54, 1.807) is 0 Å². The van der Waals surface area contributed by atoms with Crippen molar-refractivity contribution in [2.75, 3.05) is 13.6 Å². The normalized spacial score (nSPS) is 52.4. The van der Waals surface area contributed by atoms with Gasteiger partial charge in [-0.1, -0.05) is 6.07 Å². The summed E-state index contributed by atoms with van der Waals surface area (Å²) >= 11 is 0. The molecule has 108 valence electrons.